The van der Waals surface area contributed by atoms with Crippen molar-refractivity contribution in [3.05, 3.63) is 11.6 Å². The molecule has 2 heterocycles. The Morgan fingerprint density at radius 2 is 1.43 bits per heavy atom. The van der Waals surface area contributed by atoms with Crippen molar-refractivity contribution in [1.29, 1.82) is 0 Å². The molecule has 6 fully saturated rings. The second kappa shape index (κ2) is 18.4. The third-order valence-electron chi connectivity index (χ3n) is 18.4. The molecule has 0 aromatic rings. The van der Waals surface area contributed by atoms with Gasteiger partial charge in [0.05, 0.1) is 18.1 Å². The predicted molar refractivity (Wildman–Crippen MR) is 228 cm³/mol. The van der Waals surface area contributed by atoms with E-state index in [1.54, 1.807) is 0 Å². The third kappa shape index (κ3) is 8.65. The van der Waals surface area contributed by atoms with Crippen molar-refractivity contribution in [2.75, 3.05) is 13.2 Å². The maximum absolute atomic E-state index is 13.2. The van der Waals surface area contributed by atoms with Crippen LogP contribution in [-0.2, 0) is 47.6 Å². The van der Waals surface area contributed by atoms with Crippen LogP contribution in [0.4, 0.5) is 0 Å². The van der Waals surface area contributed by atoms with Gasteiger partial charge >= 0.3 is 23.9 Å². The fraction of sp³-hybridized carbons (Fsp3) is 0.872. The maximum atomic E-state index is 13.2. The minimum absolute atomic E-state index is 0.00603. The molecule has 0 radical (unpaired) electrons. The molecule has 0 aromatic carbocycles. The minimum atomic E-state index is -2.59. The summed E-state index contributed by atoms with van der Waals surface area (Å²) in [6, 6.07) is 0. The van der Waals surface area contributed by atoms with Crippen LogP contribution >= 0.6 is 0 Å². The van der Waals surface area contributed by atoms with Gasteiger partial charge in [-0.1, -0.05) is 60.1 Å². The number of carboxylic acid groups (broad SMARTS) is 4. The van der Waals surface area contributed by atoms with Gasteiger partial charge in [-0.05, 0) is 109 Å². The van der Waals surface area contributed by atoms with E-state index in [0.29, 0.717) is 25.7 Å². The topological polar surface area (TPSA) is 326 Å². The van der Waals surface area contributed by atoms with E-state index in [4.69, 9.17) is 28.4 Å². The van der Waals surface area contributed by atoms with Crippen LogP contribution in [0.25, 0.3) is 0 Å². The number of hydrogen-bond donors (Lipinski definition) is 10. The largest absolute Gasteiger partial charge is 0.481 e. The normalized spacial score (nSPS) is 46.6. The Morgan fingerprint density at radius 3 is 2.04 bits per heavy atom. The van der Waals surface area contributed by atoms with E-state index in [1.807, 2.05) is 13.8 Å². The molecule has 4 saturated carbocycles. The van der Waals surface area contributed by atoms with Crippen LogP contribution in [-0.4, -0.2) is 168 Å². The molecule has 0 amide bonds. The van der Waals surface area contributed by atoms with Gasteiger partial charge in [0.1, 0.15) is 49.3 Å². The van der Waals surface area contributed by atoms with Crippen LogP contribution in [0.1, 0.15) is 113 Å². The van der Waals surface area contributed by atoms with Crippen molar-refractivity contribution in [3.63, 3.8) is 0 Å². The monoisotopic (exact) mass is 956 g/mol. The predicted octanol–water partition coefficient (Wildman–Crippen LogP) is 1.87. The first-order valence-electron chi connectivity index (χ1n) is 23.6. The van der Waals surface area contributed by atoms with Gasteiger partial charge in [-0.3, -0.25) is 4.79 Å². The van der Waals surface area contributed by atoms with E-state index in [0.717, 1.165) is 38.5 Å². The van der Waals surface area contributed by atoms with Crippen LogP contribution in [0.5, 0.6) is 0 Å². The molecule has 7 rings (SSSR count). The number of carboxylic acids is 4. The average molecular weight is 957 g/mol. The summed E-state index contributed by atoms with van der Waals surface area (Å²) in [5, 5.41) is 104. The lowest BCUT2D eigenvalue weighted by molar-refractivity contribution is -0.387. The van der Waals surface area contributed by atoms with Gasteiger partial charge < -0.3 is 79.5 Å². The van der Waals surface area contributed by atoms with Gasteiger partial charge in [0.2, 0.25) is 6.10 Å². The van der Waals surface area contributed by atoms with Crippen molar-refractivity contribution in [2.24, 2.45) is 50.2 Å². The lowest BCUT2D eigenvalue weighted by Crippen LogP contribution is -2.68. The van der Waals surface area contributed by atoms with Gasteiger partial charge in [0.25, 0.3) is 0 Å². The molecular weight excluding hydrogens is 884 g/mol. The number of aliphatic hydroxyl groups is 6. The summed E-state index contributed by atoms with van der Waals surface area (Å²) in [5.41, 5.74) is -0.846. The molecule has 67 heavy (non-hydrogen) atoms. The fourth-order valence-electron chi connectivity index (χ4n) is 14.4. The molecule has 20 nitrogen and oxygen atoms in total. The molecule has 2 unspecified atom stereocenters. The molecule has 10 N–H and O–H groups in total. The number of hydrogen-bond acceptors (Lipinski definition) is 16. The van der Waals surface area contributed by atoms with E-state index in [1.165, 1.54) is 5.57 Å². The molecule has 20 heteroatoms. The molecule has 7 aliphatic rings. The Labute approximate surface area is 389 Å². The number of rotatable bonds is 14. The second-order valence-corrected chi connectivity index (χ2v) is 22.7. The quantitative estimate of drug-likeness (QED) is 0.0675. The summed E-state index contributed by atoms with van der Waals surface area (Å²) in [5.74, 6) is -5.81. The Bertz CT molecular complexity index is 1920. The van der Waals surface area contributed by atoms with Crippen LogP contribution < -0.4 is 0 Å². The molecule has 2 saturated heterocycles. The van der Waals surface area contributed by atoms with Crippen LogP contribution in [0.3, 0.4) is 0 Å². The zero-order valence-electron chi connectivity index (χ0n) is 39.4. The minimum Gasteiger partial charge on any atom is -0.481 e. The average Bonchev–Trinajstić information content (AvgIpc) is 3.24. The van der Waals surface area contributed by atoms with E-state index < -0.39 is 128 Å². The molecular formula is C47H72O20. The van der Waals surface area contributed by atoms with Crippen molar-refractivity contribution in [3.8, 4) is 0 Å². The number of aliphatic carboxylic acids is 4. The number of fused-ring (bicyclic) bond motifs is 7. The smallest absolute Gasteiger partial charge is 0.337 e. The zero-order chi connectivity index (χ0) is 49.6. The van der Waals surface area contributed by atoms with Gasteiger partial charge in [0, 0.05) is 0 Å². The lowest BCUT2D eigenvalue weighted by Gasteiger charge is -2.71. The van der Waals surface area contributed by atoms with Gasteiger partial charge in [-0.25, -0.2) is 14.4 Å². The first kappa shape index (κ1) is 52.0. The van der Waals surface area contributed by atoms with Crippen LogP contribution in [0.15, 0.2) is 11.6 Å². The van der Waals surface area contributed by atoms with E-state index in [9.17, 15) is 70.2 Å². The molecule has 2 aliphatic heterocycles. The number of carbonyl (C=O) groups is 4. The molecule has 0 aromatic heterocycles. The Morgan fingerprint density at radius 1 is 0.761 bits per heavy atom. The van der Waals surface area contributed by atoms with Crippen LogP contribution in [0, 0.1) is 50.2 Å². The summed E-state index contributed by atoms with van der Waals surface area (Å²) in [7, 11) is 0. The summed E-state index contributed by atoms with van der Waals surface area (Å²) < 4.78 is 35.3. The summed E-state index contributed by atoms with van der Waals surface area (Å²) in [6.45, 7) is 13.6. The van der Waals surface area contributed by atoms with E-state index in [2.05, 4.69) is 40.7 Å². The number of allylic oxidation sites excluding steroid dienone is 2. The molecule has 20 atom stereocenters. The highest BCUT2D eigenvalue weighted by Crippen LogP contribution is 2.76. The molecule has 0 bridgehead atoms. The Hall–Kier alpha value is -2.86. The van der Waals surface area contributed by atoms with Crippen molar-refractivity contribution in [2.45, 2.75) is 193 Å². The fourth-order valence-corrected chi connectivity index (χ4v) is 14.4. The molecule has 5 aliphatic carbocycles. The SMILES string of the molecule is CC1(C)CC[C@]2(C(=O)O)CC[C@]3(C)C(=CC[C@@H]4[C@@]5(C)CC[C@H](O[C@@H]6O[C@H](C(=O)O)[C@@H](O)[C@H](OC(OCC(=O)O)C(O)C(=O)O)[C@H]6O[C@@H]6O[C@H](CO)[C@@H](O)[C@H](O)[C@H]6O)C(C)(C)[C@@H]5CC[C@]43C)[C@@H]2C1. The second-order valence-electron chi connectivity index (χ2n) is 22.7. The lowest BCUT2D eigenvalue weighted by atomic mass is 9.33. The highest BCUT2D eigenvalue weighted by atomic mass is 16.8. The van der Waals surface area contributed by atoms with Crippen LogP contribution in [0.2, 0.25) is 0 Å². The highest BCUT2D eigenvalue weighted by molar-refractivity contribution is 5.77. The van der Waals surface area contributed by atoms with E-state index in [-0.39, 0.29) is 39.4 Å². The maximum Gasteiger partial charge on any atom is 0.337 e. The van der Waals surface area contributed by atoms with Gasteiger partial charge in [-0.2, -0.15) is 0 Å². The molecule has 0 spiro atoms. The zero-order valence-corrected chi connectivity index (χ0v) is 39.4. The Balaban J connectivity index is 1.22. The standard InChI is InChI=1S/C47H72O20/c1-42(2)14-16-47(41(60)61)17-15-45(6)21(22(47)18-42)8-9-25-44(5)12-11-26(43(3,4)24(44)10-13-46(25,45)7)64-40-35(67-39-30(53)29(52)28(51)23(19-48)63-39)33(31(54)34(66-40)37(58)59)65-38(32(55)36(56)57)62-20-27(49)50/h8,22-26,28-35,38-40,48,51-55H,9-20H2,1-7H3,(H,49,50)(H,56,57)(H,58,59)(H,60,61)/t22-,23+,24-,25+,26-,28+,29-,30+,31-,32?,33-,34-,35+,38?,39-,40+,44-,45+,46+,47-/m0/s1. The number of ether oxygens (including phenoxy) is 6. The third-order valence-corrected chi connectivity index (χ3v) is 18.4. The summed E-state index contributed by atoms with van der Waals surface area (Å²) in [6.07, 6.45) is -15.7. The van der Waals surface area contributed by atoms with Crippen molar-refractivity contribution < 1.29 is 98.7 Å². The van der Waals surface area contributed by atoms with Gasteiger partial charge in [0.15, 0.2) is 25.0 Å². The highest BCUT2D eigenvalue weighted by Gasteiger charge is 2.70. The van der Waals surface area contributed by atoms with Crippen molar-refractivity contribution in [1.82, 2.24) is 0 Å². The summed E-state index contributed by atoms with van der Waals surface area (Å²) in [4.78, 5) is 49.3. The summed E-state index contributed by atoms with van der Waals surface area (Å²) >= 11 is 0. The first-order chi connectivity index (χ1) is 31.1. The van der Waals surface area contributed by atoms with Crippen molar-refractivity contribution >= 4 is 23.9 Å². The van der Waals surface area contributed by atoms with Gasteiger partial charge in [-0.15, -0.1) is 0 Å². The Kier molecular flexibility index (Phi) is 14.3. The first-order valence-corrected chi connectivity index (χ1v) is 23.6. The van der Waals surface area contributed by atoms with E-state index >= 15 is 0 Å². The number of aliphatic hydroxyl groups excluding tert-OH is 6. The molecule has 380 valence electrons.